The van der Waals surface area contributed by atoms with Crippen molar-refractivity contribution in [3.63, 3.8) is 0 Å². The first-order chi connectivity index (χ1) is 15.1. The van der Waals surface area contributed by atoms with Crippen LogP contribution in [0.4, 0.5) is 5.69 Å². The van der Waals surface area contributed by atoms with E-state index in [9.17, 15) is 14.4 Å². The van der Waals surface area contributed by atoms with E-state index in [1.165, 1.54) is 4.90 Å². The van der Waals surface area contributed by atoms with Crippen molar-refractivity contribution in [1.82, 2.24) is 4.90 Å². The summed E-state index contributed by atoms with van der Waals surface area (Å²) in [5.41, 5.74) is 2.43. The van der Waals surface area contributed by atoms with Crippen molar-refractivity contribution in [3.8, 4) is 0 Å². The Morgan fingerprint density at radius 1 is 0.968 bits per heavy atom. The molecule has 158 valence electrons. The number of likely N-dealkylation sites (tertiary alicyclic amines) is 1. The summed E-state index contributed by atoms with van der Waals surface area (Å²) < 4.78 is 5.09. The molecule has 3 aliphatic rings. The van der Waals surface area contributed by atoms with E-state index in [1.807, 2.05) is 59.5 Å². The number of carbonyl (C=O) groups excluding carboxylic acids is 3. The number of ether oxygens (including phenoxy) is 1. The molecule has 5 rings (SSSR count). The number of methoxy groups -OCH3 is 1. The molecule has 2 amide bonds. The second-order valence-electron chi connectivity index (χ2n) is 8.22. The van der Waals surface area contributed by atoms with Gasteiger partial charge in [0.2, 0.25) is 11.8 Å². The first kappa shape index (κ1) is 19.7. The summed E-state index contributed by atoms with van der Waals surface area (Å²) in [6.07, 6.45) is 4.55. The van der Waals surface area contributed by atoms with Crippen LogP contribution in [0, 0.1) is 11.8 Å². The van der Waals surface area contributed by atoms with Crippen molar-refractivity contribution in [3.05, 3.63) is 71.8 Å². The third-order valence-corrected chi connectivity index (χ3v) is 6.56. The van der Waals surface area contributed by atoms with E-state index in [1.54, 1.807) is 19.2 Å². The third-order valence-electron chi connectivity index (χ3n) is 6.56. The highest BCUT2D eigenvalue weighted by molar-refractivity contribution is 6.14. The van der Waals surface area contributed by atoms with E-state index in [0.717, 1.165) is 11.3 Å². The summed E-state index contributed by atoms with van der Waals surface area (Å²) in [4.78, 5) is 43.9. The van der Waals surface area contributed by atoms with Crippen LogP contribution in [-0.2, 0) is 14.3 Å². The van der Waals surface area contributed by atoms with Crippen LogP contribution in [-0.4, -0.2) is 54.8 Å². The molecule has 2 aromatic carbocycles. The number of nitrogens with zero attached hydrogens (tertiary/aromatic N) is 2. The molecule has 3 aliphatic heterocycles. The lowest BCUT2D eigenvalue weighted by molar-refractivity contribution is -0.140. The number of anilines is 1. The van der Waals surface area contributed by atoms with Gasteiger partial charge in [0.05, 0.1) is 17.9 Å². The largest absolute Gasteiger partial charge is 0.385 e. The van der Waals surface area contributed by atoms with E-state index in [0.29, 0.717) is 25.1 Å². The number of hydrogen-bond acceptors (Lipinski definition) is 5. The maximum atomic E-state index is 13.7. The number of imide groups is 1. The van der Waals surface area contributed by atoms with Gasteiger partial charge in [-0.25, -0.2) is 0 Å². The minimum absolute atomic E-state index is 0.122. The number of para-hydroxylation sites is 1. The Morgan fingerprint density at radius 3 is 2.45 bits per heavy atom. The molecule has 0 bridgehead atoms. The van der Waals surface area contributed by atoms with Gasteiger partial charge in [-0.3, -0.25) is 19.3 Å². The number of Topliss-reactive ketones (excluding diaryl/α,β-unsaturated/α-hetero) is 1. The van der Waals surface area contributed by atoms with Gasteiger partial charge in [0.25, 0.3) is 0 Å². The second-order valence-corrected chi connectivity index (χ2v) is 8.22. The third kappa shape index (κ3) is 3.01. The maximum Gasteiger partial charge on any atom is 0.235 e. The van der Waals surface area contributed by atoms with Crippen molar-refractivity contribution < 1.29 is 19.1 Å². The van der Waals surface area contributed by atoms with Crippen molar-refractivity contribution in [1.29, 1.82) is 0 Å². The number of carbonyl (C=O) groups is 3. The summed E-state index contributed by atoms with van der Waals surface area (Å²) in [6.45, 7) is 0.791. The van der Waals surface area contributed by atoms with Gasteiger partial charge in [-0.15, -0.1) is 0 Å². The van der Waals surface area contributed by atoms with Crippen LogP contribution in [0.1, 0.15) is 22.3 Å². The average molecular weight is 416 g/mol. The minimum Gasteiger partial charge on any atom is -0.385 e. The van der Waals surface area contributed by atoms with E-state index >= 15 is 0 Å². The average Bonchev–Trinajstić information content (AvgIpc) is 3.28. The number of ketones is 1. The van der Waals surface area contributed by atoms with E-state index in [4.69, 9.17) is 4.74 Å². The normalized spacial score (nSPS) is 26.1. The van der Waals surface area contributed by atoms with Crippen LogP contribution in [0.15, 0.2) is 60.7 Å². The van der Waals surface area contributed by atoms with Crippen LogP contribution in [0.2, 0.25) is 0 Å². The standard InChI is InChI=1S/C25H24N2O4/c1-31-15-7-14-26-24(29)20-19-13-12-16-8-5-6-11-18(16)27(19)22(21(20)25(26)30)23(28)17-9-3-2-4-10-17/h2-6,8-13,19-22H,7,14-15H2,1H3/t19-,20+,21+,22+/m1/s1. The zero-order valence-corrected chi connectivity index (χ0v) is 17.3. The molecule has 0 radical (unpaired) electrons. The van der Waals surface area contributed by atoms with Crippen molar-refractivity contribution in [2.45, 2.75) is 18.5 Å². The molecule has 0 spiro atoms. The fourth-order valence-electron chi connectivity index (χ4n) is 5.24. The van der Waals surface area contributed by atoms with E-state index < -0.39 is 17.9 Å². The molecular formula is C25H24N2O4. The molecule has 2 saturated heterocycles. The highest BCUT2D eigenvalue weighted by Gasteiger charge is 2.63. The number of hydrogen-bond donors (Lipinski definition) is 0. The fourth-order valence-corrected chi connectivity index (χ4v) is 5.24. The van der Waals surface area contributed by atoms with Gasteiger partial charge >= 0.3 is 0 Å². The molecule has 4 atom stereocenters. The van der Waals surface area contributed by atoms with Gasteiger partial charge in [-0.2, -0.15) is 0 Å². The molecule has 3 heterocycles. The Kier molecular flexibility index (Phi) is 4.94. The molecule has 6 heteroatoms. The van der Waals surface area contributed by atoms with Gasteiger partial charge in [-0.1, -0.05) is 60.7 Å². The Balaban J connectivity index is 1.58. The molecule has 2 fully saturated rings. The summed E-state index contributed by atoms with van der Waals surface area (Å²) in [6, 6.07) is 15.8. The van der Waals surface area contributed by atoms with Gasteiger partial charge < -0.3 is 9.64 Å². The summed E-state index contributed by atoms with van der Waals surface area (Å²) in [5, 5.41) is 0. The lowest BCUT2D eigenvalue weighted by Gasteiger charge is -2.36. The van der Waals surface area contributed by atoms with Crippen LogP contribution in [0.25, 0.3) is 6.08 Å². The van der Waals surface area contributed by atoms with Gasteiger partial charge in [0, 0.05) is 31.5 Å². The van der Waals surface area contributed by atoms with Crippen LogP contribution in [0.3, 0.4) is 0 Å². The molecule has 2 aromatic rings. The number of fused-ring (bicyclic) bond motifs is 5. The topological polar surface area (TPSA) is 66.9 Å². The van der Waals surface area contributed by atoms with Crippen molar-refractivity contribution in [2.24, 2.45) is 11.8 Å². The highest BCUT2D eigenvalue weighted by Crippen LogP contribution is 2.48. The van der Waals surface area contributed by atoms with Crippen molar-refractivity contribution >= 4 is 29.4 Å². The molecule has 0 aromatic heterocycles. The zero-order valence-electron chi connectivity index (χ0n) is 17.3. The molecular weight excluding hydrogens is 392 g/mol. The Bertz CT molecular complexity index is 1060. The predicted molar refractivity (Wildman–Crippen MR) is 116 cm³/mol. The SMILES string of the molecule is COCCCN1C(=O)[C@@H]2[C@H](C1=O)[C@@H](C(=O)c1ccccc1)N1c3ccccc3C=C[C@H]21. The first-order valence-corrected chi connectivity index (χ1v) is 10.6. The molecule has 31 heavy (non-hydrogen) atoms. The highest BCUT2D eigenvalue weighted by atomic mass is 16.5. The van der Waals surface area contributed by atoms with E-state index in [-0.39, 0.29) is 23.6 Å². The number of amides is 2. The minimum atomic E-state index is -0.715. The lowest BCUT2D eigenvalue weighted by Crippen LogP contribution is -2.48. The fraction of sp³-hybridized carbons (Fsp3) is 0.320. The molecule has 0 saturated carbocycles. The van der Waals surface area contributed by atoms with Crippen LogP contribution >= 0.6 is 0 Å². The summed E-state index contributed by atoms with van der Waals surface area (Å²) in [5.74, 6) is -1.81. The maximum absolute atomic E-state index is 13.7. The number of benzene rings is 2. The summed E-state index contributed by atoms with van der Waals surface area (Å²) >= 11 is 0. The van der Waals surface area contributed by atoms with Crippen LogP contribution < -0.4 is 4.90 Å². The quantitative estimate of drug-likeness (QED) is 0.412. The van der Waals surface area contributed by atoms with Gasteiger partial charge in [-0.05, 0) is 18.1 Å². The van der Waals surface area contributed by atoms with Crippen molar-refractivity contribution in [2.75, 3.05) is 25.2 Å². The Morgan fingerprint density at radius 2 is 1.68 bits per heavy atom. The molecule has 0 aliphatic carbocycles. The smallest absolute Gasteiger partial charge is 0.235 e. The first-order valence-electron chi connectivity index (χ1n) is 10.6. The Labute approximate surface area is 181 Å². The molecule has 0 N–H and O–H groups in total. The predicted octanol–water partition coefficient (Wildman–Crippen LogP) is 2.79. The van der Waals surface area contributed by atoms with E-state index in [2.05, 4.69) is 0 Å². The second kappa shape index (κ2) is 7.78. The summed E-state index contributed by atoms with van der Waals surface area (Å²) in [7, 11) is 1.60. The molecule has 0 unspecified atom stereocenters. The monoisotopic (exact) mass is 416 g/mol. The molecule has 6 nitrogen and oxygen atoms in total. The lowest BCUT2D eigenvalue weighted by atomic mass is 9.86. The number of rotatable bonds is 6. The van der Waals surface area contributed by atoms with Gasteiger partial charge in [0.1, 0.15) is 6.04 Å². The Hall–Kier alpha value is -3.25. The van der Waals surface area contributed by atoms with Gasteiger partial charge in [0.15, 0.2) is 5.78 Å². The zero-order chi connectivity index (χ0) is 21.5. The van der Waals surface area contributed by atoms with Crippen LogP contribution in [0.5, 0.6) is 0 Å².